The smallest absolute Gasteiger partial charge is 0.192 e. The molecule has 1 fully saturated rings. The third-order valence-corrected chi connectivity index (χ3v) is 6.44. The molecule has 6 nitrogen and oxygen atoms in total. The van der Waals surface area contributed by atoms with Crippen LogP contribution in [-0.2, 0) is 0 Å². The van der Waals surface area contributed by atoms with Gasteiger partial charge in [0.05, 0.1) is 16.5 Å². The lowest BCUT2D eigenvalue weighted by molar-refractivity contribution is 0.0988. The van der Waals surface area contributed by atoms with E-state index in [1.54, 1.807) is 32.0 Å². The van der Waals surface area contributed by atoms with E-state index in [0.29, 0.717) is 39.1 Å². The van der Waals surface area contributed by atoms with Gasteiger partial charge in [0.2, 0.25) is 0 Å². The molecule has 1 aliphatic rings. The Hall–Kier alpha value is -2.74. The lowest BCUT2D eigenvalue weighted by atomic mass is 10.0. The molecule has 1 unspecified atom stereocenters. The number of aromatic nitrogens is 4. The van der Waals surface area contributed by atoms with Crippen molar-refractivity contribution in [3.63, 3.8) is 0 Å². The molecular weight excluding hydrogens is 403 g/mol. The number of Topliss-reactive ketones (excluding diaryl/α,β-unsaturated/α-hetero) is 2. The van der Waals surface area contributed by atoms with Crippen LogP contribution in [0.3, 0.4) is 0 Å². The van der Waals surface area contributed by atoms with Crippen molar-refractivity contribution >= 4 is 23.3 Å². The zero-order valence-corrected chi connectivity index (χ0v) is 18.1. The van der Waals surface area contributed by atoms with Crippen LogP contribution in [0.1, 0.15) is 64.8 Å². The van der Waals surface area contributed by atoms with E-state index in [2.05, 4.69) is 15.2 Å². The van der Waals surface area contributed by atoms with Gasteiger partial charge in [-0.3, -0.25) is 14.2 Å². The SMILES string of the molecule is CC(=O)c1c(C)[nH]c(C(=O)C(C)Sc2nnc(-c3ccccc3F)n2C2CC2)c1C. The number of benzene rings is 1. The van der Waals surface area contributed by atoms with E-state index in [1.165, 1.54) is 24.8 Å². The second-order valence-electron chi connectivity index (χ2n) is 7.69. The van der Waals surface area contributed by atoms with Crippen LogP contribution in [0, 0.1) is 19.7 Å². The van der Waals surface area contributed by atoms with Crippen molar-refractivity contribution in [3.05, 3.63) is 52.6 Å². The Morgan fingerprint density at radius 1 is 1.23 bits per heavy atom. The molecule has 0 radical (unpaired) electrons. The molecule has 1 aromatic carbocycles. The topological polar surface area (TPSA) is 80.6 Å². The van der Waals surface area contributed by atoms with Gasteiger partial charge in [0.25, 0.3) is 0 Å². The highest BCUT2D eigenvalue weighted by Crippen LogP contribution is 2.42. The van der Waals surface area contributed by atoms with E-state index >= 15 is 0 Å². The molecule has 1 saturated carbocycles. The summed E-state index contributed by atoms with van der Waals surface area (Å²) in [6.07, 6.45) is 1.96. The number of halogens is 1. The van der Waals surface area contributed by atoms with Crippen LogP contribution in [0.5, 0.6) is 0 Å². The molecule has 0 bridgehead atoms. The molecule has 3 aromatic rings. The molecule has 2 aromatic heterocycles. The average Bonchev–Trinajstić information content (AvgIpc) is 3.38. The highest BCUT2D eigenvalue weighted by Gasteiger charge is 2.33. The van der Waals surface area contributed by atoms with E-state index in [0.717, 1.165) is 12.8 Å². The Morgan fingerprint density at radius 2 is 1.93 bits per heavy atom. The maximum atomic E-state index is 14.3. The minimum Gasteiger partial charge on any atom is -0.355 e. The number of nitrogens with zero attached hydrogens (tertiary/aromatic N) is 3. The Balaban J connectivity index is 1.64. The lowest BCUT2D eigenvalue weighted by Gasteiger charge is -2.12. The van der Waals surface area contributed by atoms with Gasteiger partial charge in [-0.15, -0.1) is 10.2 Å². The molecule has 1 aliphatic carbocycles. The number of rotatable bonds is 7. The highest BCUT2D eigenvalue weighted by atomic mass is 32.2. The van der Waals surface area contributed by atoms with Gasteiger partial charge in [0.15, 0.2) is 22.5 Å². The standard InChI is InChI=1S/C22H23FN4O2S/c1-11-18(13(3)28)12(2)24-19(11)20(29)14(4)30-22-26-25-21(27(22)15-9-10-15)16-7-5-6-8-17(16)23/h5-8,14-15,24H,9-10H2,1-4H3. The Bertz CT molecular complexity index is 1150. The fourth-order valence-electron chi connectivity index (χ4n) is 3.78. The first-order valence-electron chi connectivity index (χ1n) is 9.90. The van der Waals surface area contributed by atoms with Gasteiger partial charge in [-0.2, -0.15) is 0 Å². The number of hydrogen-bond acceptors (Lipinski definition) is 5. The van der Waals surface area contributed by atoms with Crippen LogP contribution in [0.2, 0.25) is 0 Å². The Kier molecular flexibility index (Phi) is 5.36. The third-order valence-electron chi connectivity index (χ3n) is 5.38. The number of carbonyl (C=O) groups is 2. The number of thioether (sulfide) groups is 1. The number of H-pyrrole nitrogens is 1. The second kappa shape index (κ2) is 7.83. The molecule has 2 heterocycles. The Labute approximate surface area is 178 Å². The number of aryl methyl sites for hydroxylation is 1. The van der Waals surface area contributed by atoms with Gasteiger partial charge in [-0.25, -0.2) is 4.39 Å². The number of aromatic amines is 1. The lowest BCUT2D eigenvalue weighted by Crippen LogP contribution is -2.16. The summed E-state index contributed by atoms with van der Waals surface area (Å²) in [6, 6.07) is 6.73. The number of ketones is 2. The van der Waals surface area contributed by atoms with Gasteiger partial charge >= 0.3 is 0 Å². The predicted molar refractivity (Wildman–Crippen MR) is 114 cm³/mol. The Morgan fingerprint density at radius 3 is 2.53 bits per heavy atom. The van der Waals surface area contributed by atoms with Crippen LogP contribution < -0.4 is 0 Å². The molecule has 156 valence electrons. The summed E-state index contributed by atoms with van der Waals surface area (Å²) in [6.45, 7) is 6.89. The van der Waals surface area contributed by atoms with Gasteiger partial charge in [-0.1, -0.05) is 23.9 Å². The van der Waals surface area contributed by atoms with Gasteiger partial charge in [0.1, 0.15) is 5.82 Å². The largest absolute Gasteiger partial charge is 0.355 e. The predicted octanol–water partition coefficient (Wildman–Crippen LogP) is 4.93. The van der Waals surface area contributed by atoms with Crippen LogP contribution in [-0.4, -0.2) is 36.6 Å². The maximum absolute atomic E-state index is 14.3. The summed E-state index contributed by atoms with van der Waals surface area (Å²) in [5.74, 6) is -0.0280. The fraction of sp³-hybridized carbons (Fsp3) is 0.364. The van der Waals surface area contributed by atoms with Crippen molar-refractivity contribution in [1.29, 1.82) is 0 Å². The highest BCUT2D eigenvalue weighted by molar-refractivity contribution is 8.00. The molecule has 0 spiro atoms. The third kappa shape index (κ3) is 3.60. The minimum atomic E-state index is -0.447. The first-order valence-corrected chi connectivity index (χ1v) is 10.8. The van der Waals surface area contributed by atoms with Crippen LogP contribution >= 0.6 is 11.8 Å². The van der Waals surface area contributed by atoms with Crippen molar-refractivity contribution in [3.8, 4) is 11.4 Å². The van der Waals surface area contributed by atoms with E-state index in [4.69, 9.17) is 0 Å². The summed E-state index contributed by atoms with van der Waals surface area (Å²) in [5, 5.41) is 8.67. The van der Waals surface area contributed by atoms with E-state index in [-0.39, 0.29) is 23.4 Å². The van der Waals surface area contributed by atoms with Crippen molar-refractivity contribution in [1.82, 2.24) is 19.7 Å². The average molecular weight is 427 g/mol. The quantitative estimate of drug-likeness (QED) is 0.428. The normalized spacial score (nSPS) is 14.7. The molecule has 0 aliphatic heterocycles. The first-order chi connectivity index (χ1) is 14.3. The molecule has 30 heavy (non-hydrogen) atoms. The fourth-order valence-corrected chi connectivity index (χ4v) is 4.76. The zero-order valence-electron chi connectivity index (χ0n) is 17.3. The van der Waals surface area contributed by atoms with Gasteiger partial charge in [0, 0.05) is 17.3 Å². The zero-order chi connectivity index (χ0) is 21.6. The molecular formula is C22H23FN4O2S. The molecule has 8 heteroatoms. The van der Waals surface area contributed by atoms with Crippen LogP contribution in [0.4, 0.5) is 4.39 Å². The summed E-state index contributed by atoms with van der Waals surface area (Å²) < 4.78 is 16.3. The summed E-state index contributed by atoms with van der Waals surface area (Å²) in [7, 11) is 0. The molecule has 1 atom stereocenters. The van der Waals surface area contributed by atoms with E-state index < -0.39 is 5.25 Å². The number of hydrogen-bond donors (Lipinski definition) is 1. The van der Waals surface area contributed by atoms with Crippen LogP contribution in [0.15, 0.2) is 29.4 Å². The minimum absolute atomic E-state index is 0.0661. The van der Waals surface area contributed by atoms with Gasteiger partial charge in [-0.05, 0) is 58.2 Å². The summed E-state index contributed by atoms with van der Waals surface area (Å²) in [4.78, 5) is 28.1. The van der Waals surface area contributed by atoms with Gasteiger partial charge < -0.3 is 4.98 Å². The molecule has 0 amide bonds. The summed E-state index contributed by atoms with van der Waals surface area (Å²) >= 11 is 1.31. The molecule has 1 N–H and O–H groups in total. The molecule has 0 saturated heterocycles. The number of nitrogens with one attached hydrogen (secondary N) is 1. The monoisotopic (exact) mass is 426 g/mol. The van der Waals surface area contributed by atoms with E-state index in [1.807, 2.05) is 11.5 Å². The van der Waals surface area contributed by atoms with Crippen LogP contribution in [0.25, 0.3) is 11.4 Å². The molecule has 4 rings (SSSR count). The van der Waals surface area contributed by atoms with Crippen molar-refractivity contribution < 1.29 is 14.0 Å². The van der Waals surface area contributed by atoms with Crippen molar-refractivity contribution in [2.45, 2.75) is 57.0 Å². The van der Waals surface area contributed by atoms with E-state index in [9.17, 15) is 14.0 Å². The second-order valence-corrected chi connectivity index (χ2v) is 9.00. The van der Waals surface area contributed by atoms with Crippen molar-refractivity contribution in [2.24, 2.45) is 0 Å². The first kappa shape index (κ1) is 20.5. The summed E-state index contributed by atoms with van der Waals surface area (Å²) in [5.41, 5.74) is 2.80. The number of carbonyl (C=O) groups excluding carboxylic acids is 2. The van der Waals surface area contributed by atoms with Crippen molar-refractivity contribution in [2.75, 3.05) is 0 Å². The maximum Gasteiger partial charge on any atom is 0.192 e.